The third-order valence-corrected chi connectivity index (χ3v) is 4.58. The molecular formula is C15H18ClFO3. The molecule has 1 aliphatic carbocycles. The summed E-state index contributed by atoms with van der Waals surface area (Å²) in [6.45, 7) is 1.25. The first kappa shape index (κ1) is 14.3. The maximum Gasteiger partial charge on any atom is 0.168 e. The normalized spacial score (nSPS) is 24.1. The highest BCUT2D eigenvalue weighted by atomic mass is 35.5. The van der Waals surface area contributed by atoms with E-state index in [-0.39, 0.29) is 5.02 Å². The summed E-state index contributed by atoms with van der Waals surface area (Å²) in [5, 5.41) is 10.8. The van der Waals surface area contributed by atoms with Crippen LogP contribution in [0.5, 0.6) is 0 Å². The van der Waals surface area contributed by atoms with Gasteiger partial charge < -0.3 is 14.6 Å². The summed E-state index contributed by atoms with van der Waals surface area (Å²) in [6.07, 6.45) is 2.98. The standard InChI is InChI=1S/C15H18ClFO3/c16-12-2-1-11(9-13(12)17)10-14(18)3-5-15(6-4-14)19-7-8-20-15/h1-2,9,18H,3-8,10H2. The summed E-state index contributed by atoms with van der Waals surface area (Å²) in [6, 6.07) is 4.69. The predicted molar refractivity (Wildman–Crippen MR) is 73.2 cm³/mol. The third-order valence-electron chi connectivity index (χ3n) is 4.27. The number of rotatable bonds is 2. The van der Waals surface area contributed by atoms with E-state index in [1.807, 2.05) is 0 Å². The van der Waals surface area contributed by atoms with E-state index in [0.717, 1.165) is 5.56 Å². The van der Waals surface area contributed by atoms with E-state index in [0.29, 0.717) is 45.3 Å². The van der Waals surface area contributed by atoms with Gasteiger partial charge in [0.2, 0.25) is 0 Å². The van der Waals surface area contributed by atoms with Crippen LogP contribution in [0.25, 0.3) is 0 Å². The fraction of sp³-hybridized carbons (Fsp3) is 0.600. The number of halogens is 2. The van der Waals surface area contributed by atoms with Crippen molar-refractivity contribution in [2.75, 3.05) is 13.2 Å². The van der Waals surface area contributed by atoms with Crippen molar-refractivity contribution in [3.05, 3.63) is 34.6 Å². The number of benzene rings is 1. The Balaban J connectivity index is 1.66. The SMILES string of the molecule is OC1(Cc2ccc(Cl)c(F)c2)CCC2(CC1)OCCO2. The molecule has 5 heteroatoms. The van der Waals surface area contributed by atoms with Gasteiger partial charge in [-0.1, -0.05) is 17.7 Å². The molecule has 1 aromatic carbocycles. The first-order valence-corrected chi connectivity index (χ1v) is 7.32. The minimum absolute atomic E-state index is 0.107. The fourth-order valence-electron chi connectivity index (χ4n) is 3.09. The molecule has 110 valence electrons. The van der Waals surface area contributed by atoms with Crippen molar-refractivity contribution in [1.82, 2.24) is 0 Å². The van der Waals surface area contributed by atoms with Crippen LogP contribution in [0, 0.1) is 5.82 Å². The zero-order chi connectivity index (χ0) is 14.2. The van der Waals surface area contributed by atoms with Gasteiger partial charge >= 0.3 is 0 Å². The zero-order valence-electron chi connectivity index (χ0n) is 11.2. The molecule has 2 fully saturated rings. The molecule has 0 amide bonds. The second-order valence-corrected chi connectivity index (χ2v) is 6.16. The summed E-state index contributed by atoms with van der Waals surface area (Å²) in [5.41, 5.74) is -0.0560. The molecule has 1 saturated heterocycles. The number of hydrogen-bond donors (Lipinski definition) is 1. The van der Waals surface area contributed by atoms with Crippen molar-refractivity contribution < 1.29 is 19.0 Å². The third kappa shape index (κ3) is 2.84. The van der Waals surface area contributed by atoms with Crippen LogP contribution >= 0.6 is 11.6 Å². The highest BCUT2D eigenvalue weighted by Crippen LogP contribution is 2.41. The first-order chi connectivity index (χ1) is 9.50. The van der Waals surface area contributed by atoms with Crippen LogP contribution in [0.3, 0.4) is 0 Å². The Labute approximate surface area is 122 Å². The number of aliphatic hydroxyl groups is 1. The molecule has 0 radical (unpaired) electrons. The first-order valence-electron chi connectivity index (χ1n) is 6.95. The van der Waals surface area contributed by atoms with E-state index in [1.54, 1.807) is 6.07 Å². The number of hydrogen-bond acceptors (Lipinski definition) is 3. The van der Waals surface area contributed by atoms with Gasteiger partial charge in [-0.15, -0.1) is 0 Å². The molecule has 1 N–H and O–H groups in total. The smallest absolute Gasteiger partial charge is 0.168 e. The topological polar surface area (TPSA) is 38.7 Å². The molecule has 0 aromatic heterocycles. The van der Waals surface area contributed by atoms with Gasteiger partial charge in [0, 0.05) is 19.3 Å². The highest BCUT2D eigenvalue weighted by Gasteiger charge is 2.45. The van der Waals surface area contributed by atoms with Gasteiger partial charge in [-0.3, -0.25) is 0 Å². The molecule has 0 atom stereocenters. The monoisotopic (exact) mass is 300 g/mol. The molecule has 1 saturated carbocycles. The lowest BCUT2D eigenvalue weighted by atomic mass is 9.78. The van der Waals surface area contributed by atoms with Crippen molar-refractivity contribution >= 4 is 11.6 Å². The molecule has 1 heterocycles. The Morgan fingerprint density at radius 3 is 2.40 bits per heavy atom. The Morgan fingerprint density at radius 2 is 1.80 bits per heavy atom. The molecule has 0 unspecified atom stereocenters. The maximum absolute atomic E-state index is 13.4. The molecule has 1 spiro atoms. The average Bonchev–Trinajstić information content (AvgIpc) is 2.87. The molecule has 1 aliphatic heterocycles. The van der Waals surface area contributed by atoms with Gasteiger partial charge in [-0.05, 0) is 30.5 Å². The van der Waals surface area contributed by atoms with Crippen molar-refractivity contribution in [2.24, 2.45) is 0 Å². The van der Waals surface area contributed by atoms with Crippen LogP contribution in [-0.4, -0.2) is 29.7 Å². The van der Waals surface area contributed by atoms with Crippen LogP contribution in [0.15, 0.2) is 18.2 Å². The maximum atomic E-state index is 13.4. The predicted octanol–water partition coefficient (Wildman–Crippen LogP) is 3.07. The van der Waals surface area contributed by atoms with Crippen LogP contribution in [0.2, 0.25) is 5.02 Å². The molecular weight excluding hydrogens is 283 g/mol. The molecule has 0 bridgehead atoms. The van der Waals surface area contributed by atoms with Gasteiger partial charge in [-0.25, -0.2) is 4.39 Å². The van der Waals surface area contributed by atoms with E-state index in [1.165, 1.54) is 12.1 Å². The summed E-state index contributed by atoms with van der Waals surface area (Å²) in [5.74, 6) is -0.931. The van der Waals surface area contributed by atoms with E-state index in [2.05, 4.69) is 0 Å². The summed E-state index contributed by atoms with van der Waals surface area (Å²) < 4.78 is 24.7. The Hall–Kier alpha value is -0.680. The minimum Gasteiger partial charge on any atom is -0.390 e. The van der Waals surface area contributed by atoms with E-state index >= 15 is 0 Å². The van der Waals surface area contributed by atoms with Crippen molar-refractivity contribution in [3.63, 3.8) is 0 Å². The molecule has 3 nitrogen and oxygen atoms in total. The zero-order valence-corrected chi connectivity index (χ0v) is 12.0. The lowest BCUT2D eigenvalue weighted by Gasteiger charge is -2.40. The Morgan fingerprint density at radius 1 is 1.15 bits per heavy atom. The van der Waals surface area contributed by atoms with Crippen LogP contribution in [0.4, 0.5) is 4.39 Å². The van der Waals surface area contributed by atoms with E-state index < -0.39 is 17.2 Å². The van der Waals surface area contributed by atoms with Gasteiger partial charge in [-0.2, -0.15) is 0 Å². The summed E-state index contributed by atoms with van der Waals surface area (Å²) in [7, 11) is 0. The van der Waals surface area contributed by atoms with Crippen molar-refractivity contribution in [3.8, 4) is 0 Å². The quantitative estimate of drug-likeness (QED) is 0.912. The molecule has 20 heavy (non-hydrogen) atoms. The average molecular weight is 301 g/mol. The van der Waals surface area contributed by atoms with E-state index in [9.17, 15) is 9.50 Å². The van der Waals surface area contributed by atoms with Crippen molar-refractivity contribution in [2.45, 2.75) is 43.5 Å². The van der Waals surface area contributed by atoms with Gasteiger partial charge in [0.05, 0.1) is 23.8 Å². The molecule has 3 rings (SSSR count). The largest absolute Gasteiger partial charge is 0.390 e. The summed E-state index contributed by atoms with van der Waals surface area (Å²) >= 11 is 5.67. The lowest BCUT2D eigenvalue weighted by molar-refractivity contribution is -0.202. The minimum atomic E-state index is -0.819. The van der Waals surface area contributed by atoms with Crippen LogP contribution in [0.1, 0.15) is 31.2 Å². The van der Waals surface area contributed by atoms with Crippen LogP contribution < -0.4 is 0 Å². The molecule has 2 aliphatic rings. The lowest BCUT2D eigenvalue weighted by Crippen LogP contribution is -2.44. The van der Waals surface area contributed by atoms with E-state index in [4.69, 9.17) is 21.1 Å². The second-order valence-electron chi connectivity index (χ2n) is 5.76. The fourth-order valence-corrected chi connectivity index (χ4v) is 3.21. The molecule has 1 aromatic rings. The Kier molecular flexibility index (Phi) is 3.75. The van der Waals surface area contributed by atoms with Gasteiger partial charge in [0.1, 0.15) is 5.82 Å². The summed E-state index contributed by atoms with van der Waals surface area (Å²) in [4.78, 5) is 0. The highest BCUT2D eigenvalue weighted by molar-refractivity contribution is 6.30. The van der Waals surface area contributed by atoms with Crippen LogP contribution in [-0.2, 0) is 15.9 Å². The van der Waals surface area contributed by atoms with Crippen molar-refractivity contribution in [1.29, 1.82) is 0 Å². The van der Waals surface area contributed by atoms with Gasteiger partial charge in [0.15, 0.2) is 5.79 Å². The van der Waals surface area contributed by atoms with Gasteiger partial charge in [0.25, 0.3) is 0 Å². The second kappa shape index (κ2) is 5.26. The number of ether oxygens (including phenoxy) is 2. The Bertz CT molecular complexity index is 490.